The summed E-state index contributed by atoms with van der Waals surface area (Å²) in [6.07, 6.45) is 1.38. The second-order valence-corrected chi connectivity index (χ2v) is 5.34. The summed E-state index contributed by atoms with van der Waals surface area (Å²) in [7, 11) is 1.65. The molecule has 0 saturated carbocycles. The van der Waals surface area contributed by atoms with Crippen molar-refractivity contribution in [3.05, 3.63) is 28.8 Å². The van der Waals surface area contributed by atoms with Gasteiger partial charge in [0.25, 0.3) is 0 Å². The van der Waals surface area contributed by atoms with Gasteiger partial charge in [-0.05, 0) is 36.6 Å². The lowest BCUT2D eigenvalue weighted by Crippen LogP contribution is -2.39. The van der Waals surface area contributed by atoms with E-state index in [9.17, 15) is 9.59 Å². The van der Waals surface area contributed by atoms with Crippen LogP contribution in [0.4, 0.5) is 0 Å². The molecule has 1 heterocycles. The molecule has 0 radical (unpaired) electrons. The van der Waals surface area contributed by atoms with Crippen molar-refractivity contribution in [2.75, 3.05) is 20.2 Å². The van der Waals surface area contributed by atoms with Gasteiger partial charge in [0.05, 0.1) is 13.5 Å². The minimum absolute atomic E-state index is 0.102. The molecule has 1 fully saturated rings. The van der Waals surface area contributed by atoms with Crippen molar-refractivity contribution in [2.45, 2.75) is 33.1 Å². The van der Waals surface area contributed by atoms with Crippen molar-refractivity contribution < 1.29 is 14.3 Å². The van der Waals surface area contributed by atoms with E-state index in [-0.39, 0.29) is 11.7 Å². The number of rotatable bonds is 3. The first-order chi connectivity index (χ1) is 9.51. The Labute approximate surface area is 119 Å². The predicted octanol–water partition coefficient (Wildman–Crippen LogP) is 2.05. The normalized spacial score (nSPS) is 15.3. The Bertz CT molecular complexity index is 527. The Hall–Kier alpha value is -1.84. The lowest BCUT2D eigenvalue weighted by atomic mass is 10.0. The van der Waals surface area contributed by atoms with E-state index in [1.54, 1.807) is 12.0 Å². The smallest absolute Gasteiger partial charge is 0.227 e. The molecule has 108 valence electrons. The number of hydrogen-bond donors (Lipinski definition) is 0. The molecule has 4 nitrogen and oxygen atoms in total. The number of hydrogen-bond acceptors (Lipinski definition) is 3. The lowest BCUT2D eigenvalue weighted by molar-refractivity contribution is -0.133. The third kappa shape index (κ3) is 3.18. The van der Waals surface area contributed by atoms with E-state index in [0.29, 0.717) is 32.4 Å². The molecule has 1 aliphatic heterocycles. The van der Waals surface area contributed by atoms with E-state index < -0.39 is 0 Å². The maximum absolute atomic E-state index is 12.3. The third-order valence-electron chi connectivity index (χ3n) is 3.87. The second kappa shape index (κ2) is 6.07. The van der Waals surface area contributed by atoms with Crippen LogP contribution >= 0.6 is 0 Å². The molecule has 1 aromatic carbocycles. The Morgan fingerprint density at radius 1 is 1.20 bits per heavy atom. The molecule has 0 atom stereocenters. The van der Waals surface area contributed by atoms with E-state index in [1.165, 1.54) is 0 Å². The van der Waals surface area contributed by atoms with Gasteiger partial charge < -0.3 is 9.64 Å². The topological polar surface area (TPSA) is 46.6 Å². The lowest BCUT2D eigenvalue weighted by Gasteiger charge is -2.26. The molecule has 2 rings (SSSR count). The summed E-state index contributed by atoms with van der Waals surface area (Å²) in [4.78, 5) is 25.3. The number of nitrogens with zero attached hydrogens (tertiary/aromatic N) is 1. The molecular weight excluding hydrogens is 254 g/mol. The number of aryl methyl sites for hydroxylation is 2. The van der Waals surface area contributed by atoms with Crippen molar-refractivity contribution in [3.63, 3.8) is 0 Å². The highest BCUT2D eigenvalue weighted by atomic mass is 16.5. The maximum Gasteiger partial charge on any atom is 0.227 e. The second-order valence-electron chi connectivity index (χ2n) is 5.34. The number of carbonyl (C=O) groups excluding carboxylic acids is 2. The van der Waals surface area contributed by atoms with Crippen molar-refractivity contribution in [1.29, 1.82) is 0 Å². The van der Waals surface area contributed by atoms with Crippen molar-refractivity contribution in [2.24, 2.45) is 0 Å². The highest BCUT2D eigenvalue weighted by Crippen LogP contribution is 2.23. The van der Waals surface area contributed by atoms with Gasteiger partial charge in [0, 0.05) is 25.9 Å². The number of benzene rings is 1. The number of ether oxygens (including phenoxy) is 1. The van der Waals surface area contributed by atoms with Gasteiger partial charge in [-0.25, -0.2) is 0 Å². The summed E-state index contributed by atoms with van der Waals surface area (Å²) in [6.45, 7) is 5.09. The van der Waals surface area contributed by atoms with Crippen LogP contribution in [0.1, 0.15) is 29.5 Å². The number of carbonyl (C=O) groups is 2. The first-order valence-corrected chi connectivity index (χ1v) is 6.95. The first kappa shape index (κ1) is 14.6. The Morgan fingerprint density at radius 3 is 2.45 bits per heavy atom. The van der Waals surface area contributed by atoms with Gasteiger partial charge in [-0.3, -0.25) is 9.59 Å². The summed E-state index contributed by atoms with van der Waals surface area (Å²) in [5.41, 5.74) is 3.13. The number of ketones is 1. The number of methoxy groups -OCH3 is 1. The largest absolute Gasteiger partial charge is 0.496 e. The molecule has 0 N–H and O–H groups in total. The van der Waals surface area contributed by atoms with E-state index in [1.807, 2.05) is 26.0 Å². The van der Waals surface area contributed by atoms with Crippen LogP contribution in [-0.4, -0.2) is 36.8 Å². The molecule has 1 saturated heterocycles. The first-order valence-electron chi connectivity index (χ1n) is 6.95. The Balaban J connectivity index is 2.08. The Morgan fingerprint density at radius 2 is 1.85 bits per heavy atom. The minimum Gasteiger partial charge on any atom is -0.496 e. The number of piperidine rings is 1. The molecule has 4 heteroatoms. The number of amides is 1. The van der Waals surface area contributed by atoms with Gasteiger partial charge in [0.1, 0.15) is 11.5 Å². The summed E-state index contributed by atoms with van der Waals surface area (Å²) in [6, 6.07) is 3.98. The number of Topliss-reactive ketones (excluding diaryl/α,β-unsaturated/α-hetero) is 1. The van der Waals surface area contributed by atoms with Gasteiger partial charge in [0.2, 0.25) is 5.91 Å². The van der Waals surface area contributed by atoms with Gasteiger partial charge in [-0.15, -0.1) is 0 Å². The van der Waals surface area contributed by atoms with Crippen molar-refractivity contribution in [1.82, 2.24) is 4.90 Å². The minimum atomic E-state index is 0.102. The monoisotopic (exact) mass is 275 g/mol. The molecule has 0 spiro atoms. The van der Waals surface area contributed by atoms with Crippen LogP contribution in [0, 0.1) is 13.8 Å². The molecule has 1 amide bonds. The van der Waals surface area contributed by atoms with Crippen LogP contribution in [0.2, 0.25) is 0 Å². The van der Waals surface area contributed by atoms with E-state index in [0.717, 1.165) is 22.4 Å². The fourth-order valence-corrected chi connectivity index (χ4v) is 2.54. The zero-order chi connectivity index (χ0) is 14.7. The quantitative estimate of drug-likeness (QED) is 0.848. The zero-order valence-corrected chi connectivity index (χ0v) is 12.4. The van der Waals surface area contributed by atoms with E-state index in [2.05, 4.69) is 0 Å². The van der Waals surface area contributed by atoms with Gasteiger partial charge >= 0.3 is 0 Å². The van der Waals surface area contributed by atoms with Crippen LogP contribution in [0.25, 0.3) is 0 Å². The highest BCUT2D eigenvalue weighted by molar-refractivity contribution is 5.84. The zero-order valence-electron chi connectivity index (χ0n) is 12.4. The Kier molecular flexibility index (Phi) is 4.42. The molecule has 0 aromatic heterocycles. The fourth-order valence-electron chi connectivity index (χ4n) is 2.54. The van der Waals surface area contributed by atoms with Crippen LogP contribution in [0.3, 0.4) is 0 Å². The third-order valence-corrected chi connectivity index (χ3v) is 3.87. The summed E-state index contributed by atoms with van der Waals surface area (Å²) < 4.78 is 5.28. The SMILES string of the molecule is COc1cc(C)c(CC(=O)N2CCC(=O)CC2)cc1C. The number of likely N-dealkylation sites (tertiary alicyclic amines) is 1. The maximum atomic E-state index is 12.3. The van der Waals surface area contributed by atoms with Crippen LogP contribution in [0.15, 0.2) is 12.1 Å². The molecule has 1 aromatic rings. The van der Waals surface area contributed by atoms with Crippen molar-refractivity contribution in [3.8, 4) is 5.75 Å². The predicted molar refractivity (Wildman–Crippen MR) is 77.0 cm³/mol. The standard InChI is InChI=1S/C16H21NO3/c1-11-9-15(20-3)12(2)8-13(11)10-16(19)17-6-4-14(18)5-7-17/h8-9H,4-7,10H2,1-3H3. The van der Waals surface area contributed by atoms with E-state index in [4.69, 9.17) is 4.74 Å². The average molecular weight is 275 g/mol. The summed E-state index contributed by atoms with van der Waals surface area (Å²) in [5, 5.41) is 0. The molecular formula is C16H21NO3. The molecule has 0 unspecified atom stereocenters. The molecule has 0 bridgehead atoms. The fraction of sp³-hybridized carbons (Fsp3) is 0.500. The van der Waals surface area contributed by atoms with Crippen LogP contribution in [-0.2, 0) is 16.0 Å². The van der Waals surface area contributed by atoms with Gasteiger partial charge in [-0.1, -0.05) is 6.07 Å². The van der Waals surface area contributed by atoms with Gasteiger partial charge in [-0.2, -0.15) is 0 Å². The summed E-state index contributed by atoms with van der Waals surface area (Å²) in [5.74, 6) is 1.21. The molecule has 1 aliphatic rings. The molecule has 0 aliphatic carbocycles. The molecule has 20 heavy (non-hydrogen) atoms. The highest BCUT2D eigenvalue weighted by Gasteiger charge is 2.21. The van der Waals surface area contributed by atoms with Crippen LogP contribution < -0.4 is 4.74 Å². The average Bonchev–Trinajstić information content (AvgIpc) is 2.43. The van der Waals surface area contributed by atoms with Crippen molar-refractivity contribution >= 4 is 11.7 Å². The van der Waals surface area contributed by atoms with Crippen LogP contribution in [0.5, 0.6) is 5.75 Å². The van der Waals surface area contributed by atoms with Gasteiger partial charge in [0.15, 0.2) is 0 Å². The summed E-state index contributed by atoms with van der Waals surface area (Å²) >= 11 is 0. The van der Waals surface area contributed by atoms with E-state index >= 15 is 0 Å².